The summed E-state index contributed by atoms with van der Waals surface area (Å²) in [5.41, 5.74) is 1.85. The summed E-state index contributed by atoms with van der Waals surface area (Å²) in [6.45, 7) is 3.98. The van der Waals surface area contributed by atoms with Crippen molar-refractivity contribution in [2.75, 3.05) is 23.7 Å². The third-order valence-electron chi connectivity index (χ3n) is 4.25. The maximum absolute atomic E-state index is 6.24. The standard InChI is InChI=1S/C16H19ClN8/c1-10-7-19-14-6-13(21-9-25(10)14)23-16-20-8-12(17)15(24-16)22-11-2-4-18-5-3-11/h6-9,11,18H,2-5H2,1H3,(H2,20,22,23,24). The van der Waals surface area contributed by atoms with E-state index < -0.39 is 0 Å². The average molecular weight is 359 g/mol. The van der Waals surface area contributed by atoms with Crippen LogP contribution in [-0.4, -0.2) is 43.5 Å². The molecule has 4 rings (SSSR count). The Morgan fingerprint density at radius 2 is 2.04 bits per heavy atom. The van der Waals surface area contributed by atoms with Crippen LogP contribution in [0.1, 0.15) is 18.5 Å². The summed E-state index contributed by atoms with van der Waals surface area (Å²) in [4.78, 5) is 17.4. The summed E-state index contributed by atoms with van der Waals surface area (Å²) < 4.78 is 1.91. The summed E-state index contributed by atoms with van der Waals surface area (Å²) in [5, 5.41) is 10.4. The largest absolute Gasteiger partial charge is 0.366 e. The van der Waals surface area contributed by atoms with Crippen LogP contribution in [0.4, 0.5) is 17.6 Å². The number of anilines is 3. The minimum atomic E-state index is 0.365. The quantitative estimate of drug-likeness (QED) is 0.659. The molecule has 0 aromatic carbocycles. The van der Waals surface area contributed by atoms with Gasteiger partial charge in [0, 0.05) is 24.0 Å². The van der Waals surface area contributed by atoms with E-state index in [1.807, 2.05) is 17.4 Å². The lowest BCUT2D eigenvalue weighted by molar-refractivity contribution is 0.478. The zero-order chi connectivity index (χ0) is 17.2. The van der Waals surface area contributed by atoms with Gasteiger partial charge in [-0.3, -0.25) is 4.40 Å². The number of aromatic nitrogens is 5. The molecule has 1 fully saturated rings. The minimum Gasteiger partial charge on any atom is -0.366 e. The van der Waals surface area contributed by atoms with Gasteiger partial charge in [-0.25, -0.2) is 15.0 Å². The van der Waals surface area contributed by atoms with Crippen LogP contribution in [-0.2, 0) is 0 Å². The molecule has 4 heterocycles. The van der Waals surface area contributed by atoms with Gasteiger partial charge in [0.1, 0.15) is 22.8 Å². The number of nitrogens with zero attached hydrogens (tertiary/aromatic N) is 5. The molecule has 0 saturated carbocycles. The molecule has 8 nitrogen and oxygen atoms in total. The molecule has 1 saturated heterocycles. The highest BCUT2D eigenvalue weighted by molar-refractivity contribution is 6.32. The molecule has 130 valence electrons. The van der Waals surface area contributed by atoms with Crippen LogP contribution in [0.15, 0.2) is 24.8 Å². The van der Waals surface area contributed by atoms with Crippen molar-refractivity contribution in [1.82, 2.24) is 29.7 Å². The van der Waals surface area contributed by atoms with Crippen molar-refractivity contribution < 1.29 is 0 Å². The monoisotopic (exact) mass is 358 g/mol. The Balaban J connectivity index is 1.53. The van der Waals surface area contributed by atoms with E-state index in [4.69, 9.17) is 11.6 Å². The lowest BCUT2D eigenvalue weighted by atomic mass is 10.1. The molecule has 25 heavy (non-hydrogen) atoms. The van der Waals surface area contributed by atoms with Gasteiger partial charge in [0.15, 0.2) is 5.82 Å². The lowest BCUT2D eigenvalue weighted by Gasteiger charge is -2.24. The Labute approximate surface area is 150 Å². The molecule has 0 unspecified atom stereocenters. The molecule has 3 aromatic rings. The lowest BCUT2D eigenvalue weighted by Crippen LogP contribution is -2.35. The van der Waals surface area contributed by atoms with Crippen LogP contribution in [0, 0.1) is 6.92 Å². The number of fused-ring (bicyclic) bond motifs is 1. The van der Waals surface area contributed by atoms with E-state index in [2.05, 4.69) is 35.9 Å². The van der Waals surface area contributed by atoms with Gasteiger partial charge in [-0.05, 0) is 32.9 Å². The van der Waals surface area contributed by atoms with Gasteiger partial charge in [0.25, 0.3) is 0 Å². The second kappa shape index (κ2) is 6.81. The van der Waals surface area contributed by atoms with Gasteiger partial charge in [-0.1, -0.05) is 11.6 Å². The third kappa shape index (κ3) is 3.49. The highest BCUT2D eigenvalue weighted by Crippen LogP contribution is 2.23. The Morgan fingerprint density at radius 1 is 1.20 bits per heavy atom. The van der Waals surface area contributed by atoms with Crippen LogP contribution < -0.4 is 16.0 Å². The first kappa shape index (κ1) is 16.0. The Morgan fingerprint density at radius 3 is 2.88 bits per heavy atom. The highest BCUT2D eigenvalue weighted by atomic mass is 35.5. The molecule has 0 spiro atoms. The van der Waals surface area contributed by atoms with Gasteiger partial charge in [0.2, 0.25) is 5.95 Å². The first-order valence-electron chi connectivity index (χ1n) is 8.25. The van der Waals surface area contributed by atoms with E-state index in [9.17, 15) is 0 Å². The summed E-state index contributed by atoms with van der Waals surface area (Å²) in [7, 11) is 0. The Bertz CT molecular complexity index is 887. The summed E-state index contributed by atoms with van der Waals surface area (Å²) >= 11 is 6.24. The molecule has 3 N–H and O–H groups in total. The first-order valence-corrected chi connectivity index (χ1v) is 8.63. The molecule has 0 radical (unpaired) electrons. The topological polar surface area (TPSA) is 92.1 Å². The zero-order valence-corrected chi connectivity index (χ0v) is 14.6. The van der Waals surface area contributed by atoms with Crippen LogP contribution in [0.2, 0.25) is 5.02 Å². The molecule has 0 aliphatic carbocycles. The fourth-order valence-electron chi connectivity index (χ4n) is 2.87. The molecule has 3 aromatic heterocycles. The van der Waals surface area contributed by atoms with E-state index in [0.29, 0.717) is 28.6 Å². The number of hydrogen-bond donors (Lipinski definition) is 3. The number of piperidine rings is 1. The fraction of sp³-hybridized carbons (Fsp3) is 0.375. The molecule has 0 bridgehead atoms. The predicted molar refractivity (Wildman–Crippen MR) is 97.6 cm³/mol. The molecule has 9 heteroatoms. The fourth-order valence-corrected chi connectivity index (χ4v) is 3.02. The van der Waals surface area contributed by atoms with Crippen molar-refractivity contribution in [2.45, 2.75) is 25.8 Å². The van der Waals surface area contributed by atoms with E-state index >= 15 is 0 Å². The van der Waals surface area contributed by atoms with Crippen LogP contribution in [0.5, 0.6) is 0 Å². The normalized spacial score (nSPS) is 15.4. The molecule has 1 aliphatic rings. The van der Waals surface area contributed by atoms with Gasteiger partial charge >= 0.3 is 0 Å². The van der Waals surface area contributed by atoms with E-state index in [1.54, 1.807) is 18.7 Å². The van der Waals surface area contributed by atoms with Crippen molar-refractivity contribution >= 4 is 34.8 Å². The second-order valence-corrected chi connectivity index (χ2v) is 6.49. The van der Waals surface area contributed by atoms with E-state index in [0.717, 1.165) is 37.3 Å². The highest BCUT2D eigenvalue weighted by Gasteiger charge is 2.15. The smallest absolute Gasteiger partial charge is 0.230 e. The number of imidazole rings is 1. The maximum Gasteiger partial charge on any atom is 0.230 e. The third-order valence-corrected chi connectivity index (χ3v) is 4.53. The summed E-state index contributed by atoms with van der Waals surface area (Å²) in [6, 6.07) is 2.22. The van der Waals surface area contributed by atoms with Crippen molar-refractivity contribution in [3.05, 3.63) is 35.5 Å². The molecular formula is C16H19ClN8. The maximum atomic E-state index is 6.24. The molecular weight excluding hydrogens is 340 g/mol. The van der Waals surface area contributed by atoms with Crippen molar-refractivity contribution in [3.8, 4) is 0 Å². The SMILES string of the molecule is Cc1cnc2cc(Nc3ncc(Cl)c(NC4CCNCC4)n3)ncn12. The Hall–Kier alpha value is -2.45. The number of halogens is 1. The summed E-state index contributed by atoms with van der Waals surface area (Å²) in [5.74, 6) is 1.72. The predicted octanol–water partition coefficient (Wildman–Crippen LogP) is 2.39. The van der Waals surface area contributed by atoms with Gasteiger partial charge in [-0.2, -0.15) is 4.98 Å². The van der Waals surface area contributed by atoms with E-state index in [-0.39, 0.29) is 0 Å². The van der Waals surface area contributed by atoms with Crippen molar-refractivity contribution in [1.29, 1.82) is 0 Å². The Kier molecular flexibility index (Phi) is 4.37. The number of aryl methyl sites for hydroxylation is 1. The van der Waals surface area contributed by atoms with E-state index in [1.165, 1.54) is 0 Å². The van der Waals surface area contributed by atoms with Gasteiger partial charge in [0.05, 0.1) is 6.20 Å². The van der Waals surface area contributed by atoms with Crippen molar-refractivity contribution in [2.24, 2.45) is 0 Å². The van der Waals surface area contributed by atoms with Crippen molar-refractivity contribution in [3.63, 3.8) is 0 Å². The van der Waals surface area contributed by atoms with Gasteiger partial charge in [-0.15, -0.1) is 0 Å². The van der Waals surface area contributed by atoms with Gasteiger partial charge < -0.3 is 16.0 Å². The molecule has 1 aliphatic heterocycles. The zero-order valence-electron chi connectivity index (χ0n) is 13.8. The second-order valence-electron chi connectivity index (χ2n) is 6.09. The number of nitrogens with one attached hydrogen (secondary N) is 3. The molecule has 0 amide bonds. The minimum absolute atomic E-state index is 0.365. The summed E-state index contributed by atoms with van der Waals surface area (Å²) in [6.07, 6.45) is 7.21. The van der Waals surface area contributed by atoms with Crippen LogP contribution >= 0.6 is 11.6 Å². The number of hydrogen-bond acceptors (Lipinski definition) is 7. The number of rotatable bonds is 4. The molecule has 0 atom stereocenters. The van der Waals surface area contributed by atoms with Crippen LogP contribution in [0.25, 0.3) is 5.65 Å². The average Bonchev–Trinajstić information content (AvgIpc) is 2.99. The van der Waals surface area contributed by atoms with Crippen LogP contribution in [0.3, 0.4) is 0 Å². The first-order chi connectivity index (χ1) is 12.2.